The fourth-order valence-corrected chi connectivity index (χ4v) is 3.37. The smallest absolute Gasteiger partial charge is 0.0951 e. The fraction of sp³-hybridized carbons (Fsp3) is 0.750. The highest BCUT2D eigenvalue weighted by molar-refractivity contribution is 7.99. The summed E-state index contributed by atoms with van der Waals surface area (Å²) in [6, 6.07) is 0.501. The SMILES string of the molecule is CC(C)n1cncc1CNCC1CCSC1. The third-order valence-electron chi connectivity index (χ3n) is 3.07. The molecule has 1 aromatic rings. The predicted octanol–water partition coefficient (Wildman–Crippen LogP) is 2.31. The summed E-state index contributed by atoms with van der Waals surface area (Å²) in [6.07, 6.45) is 5.27. The van der Waals surface area contributed by atoms with Crippen molar-refractivity contribution in [3.05, 3.63) is 18.2 Å². The van der Waals surface area contributed by atoms with Crippen LogP contribution in [0.5, 0.6) is 0 Å². The van der Waals surface area contributed by atoms with Gasteiger partial charge in [-0.2, -0.15) is 11.8 Å². The summed E-state index contributed by atoms with van der Waals surface area (Å²) in [6.45, 7) is 6.48. The Morgan fingerprint density at radius 3 is 3.19 bits per heavy atom. The summed E-state index contributed by atoms with van der Waals surface area (Å²) in [4.78, 5) is 4.21. The van der Waals surface area contributed by atoms with Crippen LogP contribution in [-0.2, 0) is 6.54 Å². The van der Waals surface area contributed by atoms with E-state index in [2.05, 4.69) is 40.5 Å². The molecule has 0 aliphatic carbocycles. The van der Waals surface area contributed by atoms with Crippen LogP contribution in [0, 0.1) is 5.92 Å². The molecule has 1 aliphatic heterocycles. The minimum Gasteiger partial charge on any atom is -0.331 e. The van der Waals surface area contributed by atoms with Crippen LogP contribution in [0.1, 0.15) is 32.0 Å². The van der Waals surface area contributed by atoms with Crippen molar-refractivity contribution in [3.8, 4) is 0 Å². The first-order chi connectivity index (χ1) is 7.77. The molecule has 0 spiro atoms. The minimum absolute atomic E-state index is 0.501. The zero-order valence-corrected chi connectivity index (χ0v) is 11.0. The van der Waals surface area contributed by atoms with Gasteiger partial charge in [0.05, 0.1) is 12.0 Å². The number of imidazole rings is 1. The number of hydrogen-bond donors (Lipinski definition) is 1. The summed E-state index contributed by atoms with van der Waals surface area (Å²) >= 11 is 2.08. The number of thioether (sulfide) groups is 1. The molecule has 1 atom stereocenters. The molecule has 0 amide bonds. The standard InChI is InChI=1S/C12H21N3S/c1-10(2)15-9-14-7-12(15)6-13-5-11-3-4-16-8-11/h7,9-11,13H,3-6,8H2,1-2H3. The third kappa shape index (κ3) is 3.01. The Kier molecular flexibility index (Phi) is 4.29. The summed E-state index contributed by atoms with van der Waals surface area (Å²) < 4.78 is 2.23. The Balaban J connectivity index is 1.78. The Morgan fingerprint density at radius 1 is 1.62 bits per heavy atom. The van der Waals surface area contributed by atoms with Crippen molar-refractivity contribution < 1.29 is 0 Å². The monoisotopic (exact) mass is 239 g/mol. The van der Waals surface area contributed by atoms with Crippen LogP contribution in [0.25, 0.3) is 0 Å². The van der Waals surface area contributed by atoms with Gasteiger partial charge in [0.2, 0.25) is 0 Å². The average molecular weight is 239 g/mol. The number of nitrogens with one attached hydrogen (secondary N) is 1. The molecule has 3 nitrogen and oxygen atoms in total. The molecule has 2 rings (SSSR count). The van der Waals surface area contributed by atoms with Crippen molar-refractivity contribution >= 4 is 11.8 Å². The van der Waals surface area contributed by atoms with Crippen molar-refractivity contribution in [3.63, 3.8) is 0 Å². The van der Waals surface area contributed by atoms with E-state index in [-0.39, 0.29) is 0 Å². The topological polar surface area (TPSA) is 29.9 Å². The third-order valence-corrected chi connectivity index (χ3v) is 4.30. The van der Waals surface area contributed by atoms with Crippen LogP contribution in [0.15, 0.2) is 12.5 Å². The van der Waals surface area contributed by atoms with Crippen LogP contribution in [0.4, 0.5) is 0 Å². The lowest BCUT2D eigenvalue weighted by atomic mass is 10.1. The highest BCUT2D eigenvalue weighted by Crippen LogP contribution is 2.22. The first kappa shape index (κ1) is 12.0. The highest BCUT2D eigenvalue weighted by Gasteiger charge is 2.14. The molecule has 16 heavy (non-hydrogen) atoms. The Morgan fingerprint density at radius 2 is 2.50 bits per heavy atom. The van der Waals surface area contributed by atoms with Crippen LogP contribution in [-0.4, -0.2) is 27.6 Å². The van der Waals surface area contributed by atoms with E-state index in [1.807, 2.05) is 12.5 Å². The summed E-state index contributed by atoms with van der Waals surface area (Å²) in [5.41, 5.74) is 1.29. The maximum Gasteiger partial charge on any atom is 0.0951 e. The second-order valence-corrected chi connectivity index (χ2v) is 5.90. The minimum atomic E-state index is 0.501. The maximum absolute atomic E-state index is 4.21. The molecule has 1 N–H and O–H groups in total. The predicted molar refractivity (Wildman–Crippen MR) is 69.8 cm³/mol. The Hall–Kier alpha value is -0.480. The largest absolute Gasteiger partial charge is 0.331 e. The molecule has 0 aromatic carbocycles. The van der Waals surface area contributed by atoms with Crippen molar-refractivity contribution in [2.24, 2.45) is 5.92 Å². The molecule has 4 heteroatoms. The second-order valence-electron chi connectivity index (χ2n) is 4.75. The van der Waals surface area contributed by atoms with Crippen molar-refractivity contribution in [2.75, 3.05) is 18.1 Å². The van der Waals surface area contributed by atoms with Gasteiger partial charge in [0, 0.05) is 18.8 Å². The number of nitrogens with zero attached hydrogens (tertiary/aromatic N) is 2. The van der Waals surface area contributed by atoms with E-state index in [4.69, 9.17) is 0 Å². The molecule has 90 valence electrons. The van der Waals surface area contributed by atoms with Gasteiger partial charge in [-0.25, -0.2) is 4.98 Å². The fourth-order valence-electron chi connectivity index (χ4n) is 2.08. The van der Waals surface area contributed by atoms with E-state index in [9.17, 15) is 0 Å². The molecule has 0 radical (unpaired) electrons. The zero-order chi connectivity index (χ0) is 11.4. The van der Waals surface area contributed by atoms with Gasteiger partial charge in [0.15, 0.2) is 0 Å². The van der Waals surface area contributed by atoms with Gasteiger partial charge in [0.1, 0.15) is 0 Å². The average Bonchev–Trinajstić information content (AvgIpc) is 2.87. The lowest BCUT2D eigenvalue weighted by Crippen LogP contribution is -2.23. The van der Waals surface area contributed by atoms with Crippen LogP contribution in [0.3, 0.4) is 0 Å². The molecule has 1 aromatic heterocycles. The van der Waals surface area contributed by atoms with Crippen LogP contribution >= 0.6 is 11.8 Å². The lowest BCUT2D eigenvalue weighted by Gasteiger charge is -2.13. The van der Waals surface area contributed by atoms with E-state index in [1.54, 1.807) is 0 Å². The van der Waals surface area contributed by atoms with Gasteiger partial charge in [-0.05, 0) is 44.2 Å². The van der Waals surface area contributed by atoms with Gasteiger partial charge in [-0.15, -0.1) is 0 Å². The van der Waals surface area contributed by atoms with Gasteiger partial charge >= 0.3 is 0 Å². The number of aromatic nitrogens is 2. The molecular formula is C12H21N3S. The first-order valence-corrected chi connectivity index (χ1v) is 7.22. The van der Waals surface area contributed by atoms with Crippen molar-refractivity contribution in [1.82, 2.24) is 14.9 Å². The lowest BCUT2D eigenvalue weighted by molar-refractivity contribution is 0.499. The highest BCUT2D eigenvalue weighted by atomic mass is 32.2. The summed E-state index contributed by atoms with van der Waals surface area (Å²) in [5, 5.41) is 3.55. The Bertz CT molecular complexity index is 316. The van der Waals surface area contributed by atoms with Crippen molar-refractivity contribution in [1.29, 1.82) is 0 Å². The Labute approximate surface area is 102 Å². The molecule has 1 aliphatic rings. The molecule has 2 heterocycles. The molecule has 1 saturated heterocycles. The zero-order valence-electron chi connectivity index (χ0n) is 10.1. The van der Waals surface area contributed by atoms with Gasteiger partial charge < -0.3 is 9.88 Å². The first-order valence-electron chi connectivity index (χ1n) is 6.06. The van der Waals surface area contributed by atoms with E-state index in [0.717, 1.165) is 19.0 Å². The van der Waals surface area contributed by atoms with Gasteiger partial charge in [0.25, 0.3) is 0 Å². The molecule has 1 fully saturated rings. The molecule has 0 bridgehead atoms. The van der Waals surface area contributed by atoms with E-state index < -0.39 is 0 Å². The number of hydrogen-bond acceptors (Lipinski definition) is 3. The molecule has 1 unspecified atom stereocenters. The second kappa shape index (κ2) is 5.73. The van der Waals surface area contributed by atoms with E-state index in [0.29, 0.717) is 6.04 Å². The van der Waals surface area contributed by atoms with Crippen LogP contribution < -0.4 is 5.32 Å². The van der Waals surface area contributed by atoms with Gasteiger partial charge in [-0.1, -0.05) is 0 Å². The summed E-state index contributed by atoms with van der Waals surface area (Å²) in [5.74, 6) is 3.55. The summed E-state index contributed by atoms with van der Waals surface area (Å²) in [7, 11) is 0. The quantitative estimate of drug-likeness (QED) is 0.855. The van der Waals surface area contributed by atoms with E-state index >= 15 is 0 Å². The number of rotatable bonds is 5. The van der Waals surface area contributed by atoms with E-state index in [1.165, 1.54) is 23.6 Å². The maximum atomic E-state index is 4.21. The van der Waals surface area contributed by atoms with Crippen LogP contribution in [0.2, 0.25) is 0 Å². The normalized spacial score (nSPS) is 20.8. The van der Waals surface area contributed by atoms with Gasteiger partial charge in [-0.3, -0.25) is 0 Å². The van der Waals surface area contributed by atoms with Crippen molar-refractivity contribution in [2.45, 2.75) is 32.9 Å². The molecule has 0 saturated carbocycles. The molecular weight excluding hydrogens is 218 g/mol.